The summed E-state index contributed by atoms with van der Waals surface area (Å²) in [7, 11) is 2.76. The van der Waals surface area contributed by atoms with Crippen LogP contribution < -0.4 is 15.4 Å². The summed E-state index contributed by atoms with van der Waals surface area (Å²) in [6, 6.07) is 5.00. The average Bonchev–Trinajstić information content (AvgIpc) is 3.10. The fourth-order valence-electron chi connectivity index (χ4n) is 3.15. The molecule has 1 fully saturated rings. The Bertz CT molecular complexity index is 725. The van der Waals surface area contributed by atoms with Gasteiger partial charge in [0.15, 0.2) is 5.96 Å². The van der Waals surface area contributed by atoms with Gasteiger partial charge in [0, 0.05) is 25.7 Å². The molecule has 1 aromatic carbocycles. The lowest BCUT2D eigenvalue weighted by Gasteiger charge is -2.19. The van der Waals surface area contributed by atoms with Crippen LogP contribution in [0.4, 0.5) is 13.2 Å². The second kappa shape index (κ2) is 10.3. The first-order valence-electron chi connectivity index (χ1n) is 9.35. The standard InChI is InChI=1S/C19H27F3N4O3/c1-4-23-18(25-14-7-8-26(11-14)12-19(20,21)22)24-10-13-5-6-16(28-2)15(9-13)17(27)29-3/h5-6,9,14H,4,7-8,10-12H2,1-3H3,(H2,23,24,25). The first-order valence-corrected chi connectivity index (χ1v) is 9.35. The third-order valence-electron chi connectivity index (χ3n) is 4.45. The van der Waals surface area contributed by atoms with Gasteiger partial charge in [0.2, 0.25) is 0 Å². The summed E-state index contributed by atoms with van der Waals surface area (Å²) in [5.41, 5.74) is 1.08. The summed E-state index contributed by atoms with van der Waals surface area (Å²) in [6.07, 6.45) is -3.59. The molecule has 29 heavy (non-hydrogen) atoms. The molecule has 1 heterocycles. The second-order valence-corrected chi connectivity index (χ2v) is 6.70. The molecule has 0 aliphatic carbocycles. The molecule has 0 aromatic heterocycles. The number of guanidine groups is 1. The topological polar surface area (TPSA) is 75.2 Å². The van der Waals surface area contributed by atoms with E-state index in [1.165, 1.54) is 19.1 Å². The van der Waals surface area contributed by atoms with Crippen molar-refractivity contribution in [3.05, 3.63) is 29.3 Å². The van der Waals surface area contributed by atoms with Gasteiger partial charge >= 0.3 is 12.1 Å². The summed E-state index contributed by atoms with van der Waals surface area (Å²) < 4.78 is 47.6. The van der Waals surface area contributed by atoms with Crippen molar-refractivity contribution in [2.24, 2.45) is 4.99 Å². The maximum atomic E-state index is 12.6. The van der Waals surface area contributed by atoms with Gasteiger partial charge in [-0.2, -0.15) is 13.2 Å². The van der Waals surface area contributed by atoms with Crippen molar-refractivity contribution in [1.29, 1.82) is 0 Å². The molecular weight excluding hydrogens is 389 g/mol. The summed E-state index contributed by atoms with van der Waals surface area (Å²) in [4.78, 5) is 17.8. The number of methoxy groups -OCH3 is 2. The van der Waals surface area contributed by atoms with Gasteiger partial charge in [0.1, 0.15) is 11.3 Å². The van der Waals surface area contributed by atoms with Crippen LogP contribution in [0.1, 0.15) is 29.3 Å². The molecule has 1 aliphatic rings. The quantitative estimate of drug-likeness (QED) is 0.403. The van der Waals surface area contributed by atoms with Crippen molar-refractivity contribution in [2.75, 3.05) is 40.4 Å². The molecule has 1 aliphatic heterocycles. The minimum atomic E-state index is -4.20. The van der Waals surface area contributed by atoms with E-state index in [9.17, 15) is 18.0 Å². The number of nitrogens with zero attached hydrogens (tertiary/aromatic N) is 2. The van der Waals surface area contributed by atoms with E-state index in [0.29, 0.717) is 43.3 Å². The lowest BCUT2D eigenvalue weighted by molar-refractivity contribution is -0.143. The fraction of sp³-hybridized carbons (Fsp3) is 0.579. The van der Waals surface area contributed by atoms with E-state index in [1.807, 2.05) is 6.92 Å². The Morgan fingerprint density at radius 1 is 1.34 bits per heavy atom. The lowest BCUT2D eigenvalue weighted by atomic mass is 10.1. The Balaban J connectivity index is 2.03. The van der Waals surface area contributed by atoms with E-state index in [4.69, 9.17) is 9.47 Å². The number of benzene rings is 1. The Labute approximate surface area is 168 Å². The average molecular weight is 416 g/mol. The van der Waals surface area contributed by atoms with Gasteiger partial charge < -0.3 is 20.1 Å². The molecule has 1 unspecified atom stereocenters. The minimum absolute atomic E-state index is 0.114. The highest BCUT2D eigenvalue weighted by molar-refractivity contribution is 5.92. The summed E-state index contributed by atoms with van der Waals surface area (Å²) >= 11 is 0. The van der Waals surface area contributed by atoms with Crippen LogP contribution in [0, 0.1) is 0 Å². The number of hydrogen-bond donors (Lipinski definition) is 2. The summed E-state index contributed by atoms with van der Waals surface area (Å²) in [5.74, 6) is 0.417. The van der Waals surface area contributed by atoms with Gasteiger partial charge in [-0.3, -0.25) is 4.90 Å². The van der Waals surface area contributed by atoms with Gasteiger partial charge in [-0.15, -0.1) is 0 Å². The summed E-state index contributed by atoms with van der Waals surface area (Å²) in [6.45, 7) is 2.59. The lowest BCUT2D eigenvalue weighted by Crippen LogP contribution is -2.45. The van der Waals surface area contributed by atoms with Crippen molar-refractivity contribution in [2.45, 2.75) is 32.1 Å². The number of ether oxygens (including phenoxy) is 2. The van der Waals surface area contributed by atoms with Crippen LogP contribution in [-0.2, 0) is 11.3 Å². The van der Waals surface area contributed by atoms with Crippen LogP contribution in [0.5, 0.6) is 5.75 Å². The van der Waals surface area contributed by atoms with E-state index in [1.54, 1.807) is 18.2 Å². The van der Waals surface area contributed by atoms with Crippen LogP contribution in [0.3, 0.4) is 0 Å². The third kappa shape index (κ3) is 7.12. The maximum Gasteiger partial charge on any atom is 0.401 e. The number of likely N-dealkylation sites (tertiary alicyclic amines) is 1. The van der Waals surface area contributed by atoms with E-state index < -0.39 is 18.7 Å². The van der Waals surface area contributed by atoms with Gasteiger partial charge in [-0.1, -0.05) is 6.07 Å². The Kier molecular flexibility index (Phi) is 8.12. The SMILES string of the molecule is CCNC(=NCc1ccc(OC)c(C(=O)OC)c1)NC1CCN(CC(F)(F)F)C1. The van der Waals surface area contributed by atoms with Crippen LogP contribution in [0.2, 0.25) is 0 Å². The largest absolute Gasteiger partial charge is 0.496 e. The zero-order valence-electron chi connectivity index (χ0n) is 16.8. The number of hydrogen-bond acceptors (Lipinski definition) is 5. The Morgan fingerprint density at radius 3 is 2.72 bits per heavy atom. The molecular formula is C19H27F3N4O3. The predicted octanol–water partition coefficient (Wildman–Crippen LogP) is 2.17. The first kappa shape index (κ1) is 22.8. The molecule has 0 bridgehead atoms. The molecule has 10 heteroatoms. The van der Waals surface area contributed by atoms with Crippen molar-refractivity contribution in [1.82, 2.24) is 15.5 Å². The first-order chi connectivity index (χ1) is 13.8. The maximum absolute atomic E-state index is 12.6. The van der Waals surface area contributed by atoms with Gasteiger partial charge in [-0.25, -0.2) is 9.79 Å². The van der Waals surface area contributed by atoms with Crippen LogP contribution >= 0.6 is 0 Å². The van der Waals surface area contributed by atoms with Crippen LogP contribution in [-0.4, -0.2) is 69.4 Å². The highest BCUT2D eigenvalue weighted by Gasteiger charge is 2.34. The highest BCUT2D eigenvalue weighted by Crippen LogP contribution is 2.22. The number of alkyl halides is 3. The Hall–Kier alpha value is -2.49. The zero-order chi connectivity index (χ0) is 21.4. The van der Waals surface area contributed by atoms with E-state index in [-0.39, 0.29) is 12.6 Å². The molecule has 0 radical (unpaired) electrons. The smallest absolute Gasteiger partial charge is 0.401 e. The Morgan fingerprint density at radius 2 is 2.10 bits per heavy atom. The van der Waals surface area contributed by atoms with Crippen molar-refractivity contribution in [3.8, 4) is 5.75 Å². The number of carbonyl (C=O) groups is 1. The number of halogens is 3. The second-order valence-electron chi connectivity index (χ2n) is 6.70. The van der Waals surface area contributed by atoms with Crippen molar-refractivity contribution in [3.63, 3.8) is 0 Å². The third-order valence-corrected chi connectivity index (χ3v) is 4.45. The van der Waals surface area contributed by atoms with Gasteiger partial charge in [-0.05, 0) is 31.0 Å². The predicted molar refractivity (Wildman–Crippen MR) is 103 cm³/mol. The molecule has 7 nitrogen and oxygen atoms in total. The minimum Gasteiger partial charge on any atom is -0.496 e. The van der Waals surface area contributed by atoms with Gasteiger partial charge in [0.05, 0.1) is 27.3 Å². The number of aliphatic imine (C=N–C) groups is 1. The normalized spacial score (nSPS) is 17.9. The van der Waals surface area contributed by atoms with Crippen LogP contribution in [0.15, 0.2) is 23.2 Å². The molecule has 1 saturated heterocycles. The molecule has 0 saturated carbocycles. The van der Waals surface area contributed by atoms with Crippen molar-refractivity contribution < 1.29 is 27.4 Å². The van der Waals surface area contributed by atoms with Crippen molar-refractivity contribution >= 4 is 11.9 Å². The monoisotopic (exact) mass is 416 g/mol. The van der Waals surface area contributed by atoms with E-state index in [2.05, 4.69) is 15.6 Å². The molecule has 1 atom stereocenters. The van der Waals surface area contributed by atoms with Gasteiger partial charge in [0.25, 0.3) is 0 Å². The number of carbonyl (C=O) groups excluding carboxylic acids is 1. The highest BCUT2D eigenvalue weighted by atomic mass is 19.4. The van der Waals surface area contributed by atoms with Crippen LogP contribution in [0.25, 0.3) is 0 Å². The fourth-order valence-corrected chi connectivity index (χ4v) is 3.15. The molecule has 2 N–H and O–H groups in total. The molecule has 2 rings (SSSR count). The zero-order valence-corrected chi connectivity index (χ0v) is 16.8. The number of nitrogens with one attached hydrogen (secondary N) is 2. The molecule has 1 aromatic rings. The van der Waals surface area contributed by atoms with E-state index >= 15 is 0 Å². The number of esters is 1. The van der Waals surface area contributed by atoms with E-state index in [0.717, 1.165) is 5.56 Å². The molecule has 0 amide bonds. The molecule has 162 valence electrons. The molecule has 0 spiro atoms. The summed E-state index contributed by atoms with van der Waals surface area (Å²) in [5, 5.41) is 6.28. The number of rotatable bonds is 7.